The fraction of sp³-hybridized carbons (Fsp3) is 0.200. The van der Waals surface area contributed by atoms with Crippen LogP contribution in [0.1, 0.15) is 27.7 Å². The molecule has 1 fully saturated rings. The first-order valence-corrected chi connectivity index (χ1v) is 11.8. The van der Waals surface area contributed by atoms with Crippen LogP contribution in [-0.4, -0.2) is 18.3 Å². The minimum Gasteiger partial charge on any atom is -0.455 e. The highest BCUT2D eigenvalue weighted by Gasteiger charge is 2.51. The van der Waals surface area contributed by atoms with Crippen molar-refractivity contribution in [2.24, 2.45) is 0 Å². The van der Waals surface area contributed by atoms with Gasteiger partial charge in [-0.05, 0) is 62.0 Å². The summed E-state index contributed by atoms with van der Waals surface area (Å²) in [6.07, 6.45) is 0. The standard InChI is InChI=1S/C30H27BO3/c1-29(2)30(3,4)34-31(33-29)23-18-21(20-11-6-5-7-12-20)17-22(19-23)24-14-10-15-26-25-13-8-9-16-27(25)32-28(24)26/h5-19H,1-4H3. The molecule has 1 aromatic heterocycles. The quantitative estimate of drug-likeness (QED) is 0.274. The third-order valence-corrected chi connectivity index (χ3v) is 7.30. The van der Waals surface area contributed by atoms with Crippen LogP contribution in [0.4, 0.5) is 0 Å². The predicted molar refractivity (Wildman–Crippen MR) is 140 cm³/mol. The number of rotatable bonds is 3. The lowest BCUT2D eigenvalue weighted by Crippen LogP contribution is -2.41. The predicted octanol–water partition coefficient (Wildman–Crippen LogP) is 7.22. The van der Waals surface area contributed by atoms with Gasteiger partial charge in [-0.25, -0.2) is 0 Å². The highest BCUT2D eigenvalue weighted by atomic mass is 16.7. The lowest BCUT2D eigenvalue weighted by molar-refractivity contribution is 0.00578. The number of hydrogen-bond donors (Lipinski definition) is 0. The van der Waals surface area contributed by atoms with E-state index in [0.29, 0.717) is 0 Å². The second-order valence-corrected chi connectivity index (χ2v) is 10.1. The Bertz CT molecular complexity index is 1500. The first-order valence-electron chi connectivity index (χ1n) is 11.8. The van der Waals surface area contributed by atoms with Crippen LogP contribution in [0.2, 0.25) is 0 Å². The Hall–Kier alpha value is -3.34. The molecule has 6 rings (SSSR count). The topological polar surface area (TPSA) is 31.6 Å². The van der Waals surface area contributed by atoms with Crippen LogP contribution in [0, 0.1) is 0 Å². The summed E-state index contributed by atoms with van der Waals surface area (Å²) in [5.41, 5.74) is 6.40. The molecule has 0 spiro atoms. The Balaban J connectivity index is 1.56. The van der Waals surface area contributed by atoms with Gasteiger partial charge in [0.15, 0.2) is 0 Å². The molecular formula is C30H27BO3. The number of fused-ring (bicyclic) bond motifs is 3. The van der Waals surface area contributed by atoms with E-state index in [-0.39, 0.29) is 0 Å². The molecule has 4 heteroatoms. The first kappa shape index (κ1) is 21.2. The van der Waals surface area contributed by atoms with Gasteiger partial charge in [-0.3, -0.25) is 0 Å². The first-order chi connectivity index (χ1) is 16.3. The van der Waals surface area contributed by atoms with Crippen LogP contribution in [0.15, 0.2) is 95.4 Å². The maximum Gasteiger partial charge on any atom is 0.494 e. The van der Waals surface area contributed by atoms with Crippen molar-refractivity contribution in [2.45, 2.75) is 38.9 Å². The van der Waals surface area contributed by atoms with Crippen molar-refractivity contribution in [1.82, 2.24) is 0 Å². The average Bonchev–Trinajstić information content (AvgIpc) is 3.32. The zero-order chi connectivity index (χ0) is 23.5. The van der Waals surface area contributed by atoms with E-state index >= 15 is 0 Å². The van der Waals surface area contributed by atoms with Crippen LogP contribution < -0.4 is 5.46 Å². The van der Waals surface area contributed by atoms with E-state index in [1.165, 1.54) is 0 Å². The highest BCUT2D eigenvalue weighted by molar-refractivity contribution is 6.62. The molecular weight excluding hydrogens is 419 g/mol. The van der Waals surface area contributed by atoms with Gasteiger partial charge in [0.2, 0.25) is 0 Å². The van der Waals surface area contributed by atoms with Crippen LogP contribution in [-0.2, 0) is 9.31 Å². The minimum absolute atomic E-state index is 0.403. The van der Waals surface area contributed by atoms with Crippen molar-refractivity contribution in [3.05, 3.63) is 91.0 Å². The highest BCUT2D eigenvalue weighted by Crippen LogP contribution is 2.39. The lowest BCUT2D eigenvalue weighted by atomic mass is 9.76. The molecule has 1 aliphatic heterocycles. The second-order valence-electron chi connectivity index (χ2n) is 10.1. The summed E-state index contributed by atoms with van der Waals surface area (Å²) in [5, 5.41) is 2.25. The summed E-state index contributed by atoms with van der Waals surface area (Å²) in [6.45, 7) is 8.35. The molecule has 0 unspecified atom stereocenters. The Morgan fingerprint density at radius 2 is 1.24 bits per heavy atom. The Kier molecular flexibility index (Phi) is 4.74. The molecule has 0 saturated carbocycles. The van der Waals surface area contributed by atoms with E-state index in [4.69, 9.17) is 13.7 Å². The largest absolute Gasteiger partial charge is 0.494 e. The molecule has 0 bridgehead atoms. The smallest absolute Gasteiger partial charge is 0.455 e. The van der Waals surface area contributed by atoms with Crippen molar-refractivity contribution in [3.8, 4) is 22.3 Å². The molecule has 34 heavy (non-hydrogen) atoms. The van der Waals surface area contributed by atoms with Crippen molar-refractivity contribution < 1.29 is 13.7 Å². The van der Waals surface area contributed by atoms with Gasteiger partial charge < -0.3 is 13.7 Å². The van der Waals surface area contributed by atoms with Gasteiger partial charge >= 0.3 is 7.12 Å². The zero-order valence-corrected chi connectivity index (χ0v) is 20.0. The third-order valence-electron chi connectivity index (χ3n) is 7.30. The van der Waals surface area contributed by atoms with Gasteiger partial charge in [0.25, 0.3) is 0 Å². The fourth-order valence-corrected chi connectivity index (χ4v) is 4.69. The molecule has 4 aromatic carbocycles. The normalized spacial score (nSPS) is 17.0. The van der Waals surface area contributed by atoms with Gasteiger partial charge in [0.1, 0.15) is 11.2 Å². The molecule has 0 aliphatic carbocycles. The number of para-hydroxylation sites is 2. The van der Waals surface area contributed by atoms with E-state index in [1.54, 1.807) is 0 Å². The van der Waals surface area contributed by atoms with Gasteiger partial charge in [-0.1, -0.05) is 78.9 Å². The maximum atomic E-state index is 6.42. The summed E-state index contributed by atoms with van der Waals surface area (Å²) >= 11 is 0. The van der Waals surface area contributed by atoms with Crippen molar-refractivity contribution in [2.75, 3.05) is 0 Å². The number of furan rings is 1. The van der Waals surface area contributed by atoms with E-state index in [9.17, 15) is 0 Å². The van der Waals surface area contributed by atoms with Gasteiger partial charge in [0, 0.05) is 16.3 Å². The number of hydrogen-bond acceptors (Lipinski definition) is 3. The molecule has 0 radical (unpaired) electrons. The van der Waals surface area contributed by atoms with Gasteiger partial charge in [-0.15, -0.1) is 0 Å². The van der Waals surface area contributed by atoms with Gasteiger partial charge in [0.05, 0.1) is 11.2 Å². The summed E-state index contributed by atoms with van der Waals surface area (Å²) in [6, 6.07) is 31.6. The summed E-state index contributed by atoms with van der Waals surface area (Å²) in [4.78, 5) is 0. The number of benzene rings is 4. The van der Waals surface area contributed by atoms with Crippen molar-refractivity contribution in [3.63, 3.8) is 0 Å². The van der Waals surface area contributed by atoms with Crippen molar-refractivity contribution in [1.29, 1.82) is 0 Å². The zero-order valence-electron chi connectivity index (χ0n) is 20.0. The Labute approximate surface area is 200 Å². The summed E-state index contributed by atoms with van der Waals surface area (Å²) in [5.74, 6) is 0. The van der Waals surface area contributed by atoms with Crippen molar-refractivity contribution >= 4 is 34.5 Å². The monoisotopic (exact) mass is 446 g/mol. The van der Waals surface area contributed by atoms with Crippen LogP contribution in [0.25, 0.3) is 44.2 Å². The van der Waals surface area contributed by atoms with E-state index < -0.39 is 18.3 Å². The Morgan fingerprint density at radius 1 is 0.588 bits per heavy atom. The van der Waals surface area contributed by atoms with Gasteiger partial charge in [-0.2, -0.15) is 0 Å². The minimum atomic E-state index is -0.442. The SMILES string of the molecule is CC1(C)OB(c2cc(-c3ccccc3)cc(-c3cccc4c3oc3ccccc34)c2)OC1(C)C. The lowest BCUT2D eigenvalue weighted by Gasteiger charge is -2.32. The van der Waals surface area contributed by atoms with Crippen LogP contribution in [0.5, 0.6) is 0 Å². The molecule has 0 amide bonds. The van der Waals surface area contributed by atoms with Crippen LogP contribution in [0.3, 0.4) is 0 Å². The molecule has 3 nitrogen and oxygen atoms in total. The average molecular weight is 446 g/mol. The molecule has 1 saturated heterocycles. The van der Waals surface area contributed by atoms with E-state index in [0.717, 1.165) is 49.7 Å². The molecule has 5 aromatic rings. The van der Waals surface area contributed by atoms with E-state index in [2.05, 4.69) is 100 Å². The summed E-state index contributed by atoms with van der Waals surface area (Å²) < 4.78 is 19.2. The second kappa shape index (κ2) is 7.59. The van der Waals surface area contributed by atoms with Crippen LogP contribution >= 0.6 is 0 Å². The molecule has 1 aliphatic rings. The fourth-order valence-electron chi connectivity index (χ4n) is 4.69. The maximum absolute atomic E-state index is 6.42. The molecule has 0 N–H and O–H groups in total. The van der Waals surface area contributed by atoms with E-state index in [1.807, 2.05) is 18.2 Å². The third kappa shape index (κ3) is 3.37. The summed E-state index contributed by atoms with van der Waals surface area (Å²) in [7, 11) is -0.442. The molecule has 168 valence electrons. The Morgan fingerprint density at radius 3 is 2.00 bits per heavy atom. The molecule has 2 heterocycles. The molecule has 0 atom stereocenters.